The van der Waals surface area contributed by atoms with Gasteiger partial charge in [-0.3, -0.25) is 14.6 Å². The minimum absolute atomic E-state index is 0.103. The number of aryl methyl sites for hydroxylation is 2. The second kappa shape index (κ2) is 7.20. The van der Waals surface area contributed by atoms with E-state index in [2.05, 4.69) is 15.3 Å². The highest BCUT2D eigenvalue weighted by Crippen LogP contribution is 2.38. The lowest BCUT2D eigenvalue weighted by atomic mass is 9.75. The van der Waals surface area contributed by atoms with E-state index in [4.69, 9.17) is 0 Å². The van der Waals surface area contributed by atoms with E-state index in [1.165, 1.54) is 0 Å². The smallest absolute Gasteiger partial charge is 0.261 e. The van der Waals surface area contributed by atoms with Crippen molar-refractivity contribution in [1.82, 2.24) is 15.3 Å². The zero-order chi connectivity index (χ0) is 19.8. The number of pyridine rings is 2. The van der Waals surface area contributed by atoms with Crippen LogP contribution in [0.15, 0.2) is 47.4 Å². The van der Waals surface area contributed by atoms with Gasteiger partial charge in [-0.2, -0.15) is 0 Å². The Morgan fingerprint density at radius 3 is 2.71 bits per heavy atom. The van der Waals surface area contributed by atoms with Crippen molar-refractivity contribution < 1.29 is 9.90 Å². The van der Waals surface area contributed by atoms with Crippen molar-refractivity contribution in [3.8, 4) is 0 Å². The summed E-state index contributed by atoms with van der Waals surface area (Å²) in [6.45, 7) is 3.55. The van der Waals surface area contributed by atoms with Crippen LogP contribution < -0.4 is 10.9 Å². The molecule has 1 amide bonds. The molecule has 0 spiro atoms. The minimum atomic E-state index is -0.404. The lowest BCUT2D eigenvalue weighted by Gasteiger charge is -2.38. The summed E-state index contributed by atoms with van der Waals surface area (Å²) in [5, 5.41) is 13.8. The molecule has 2 aromatic heterocycles. The minimum Gasteiger partial charge on any atom is -0.393 e. The van der Waals surface area contributed by atoms with Crippen LogP contribution in [0.25, 0.3) is 10.9 Å². The maximum Gasteiger partial charge on any atom is 0.261 e. The Bertz CT molecular complexity index is 1100. The highest BCUT2D eigenvalue weighted by Gasteiger charge is 2.36. The number of amides is 1. The molecule has 0 unspecified atom stereocenters. The SMILES string of the molecule is Cc1cc(C)c(C(=O)N[C@@H](c2cnc3ccccc3c2)C2CC(O)C2)c(=O)[nH]1. The number of aliphatic hydroxyl groups excluding tert-OH is 1. The number of nitrogens with zero attached hydrogens (tertiary/aromatic N) is 1. The van der Waals surface area contributed by atoms with E-state index in [9.17, 15) is 14.7 Å². The molecule has 6 nitrogen and oxygen atoms in total. The molecule has 4 rings (SSSR count). The number of nitrogens with one attached hydrogen (secondary N) is 2. The van der Waals surface area contributed by atoms with Gasteiger partial charge < -0.3 is 15.4 Å². The normalized spacial score (nSPS) is 19.8. The van der Waals surface area contributed by atoms with Crippen molar-refractivity contribution in [3.63, 3.8) is 0 Å². The number of para-hydroxylation sites is 1. The van der Waals surface area contributed by atoms with E-state index in [-0.39, 0.29) is 29.2 Å². The van der Waals surface area contributed by atoms with Crippen LogP contribution in [-0.2, 0) is 0 Å². The number of rotatable bonds is 4. The lowest BCUT2D eigenvalue weighted by Crippen LogP contribution is -2.42. The van der Waals surface area contributed by atoms with E-state index in [0.717, 1.165) is 22.2 Å². The van der Waals surface area contributed by atoms with Crippen molar-refractivity contribution in [2.45, 2.75) is 38.8 Å². The Balaban J connectivity index is 1.69. The Hall–Kier alpha value is -2.99. The number of hydrogen-bond acceptors (Lipinski definition) is 4. The monoisotopic (exact) mass is 377 g/mol. The van der Waals surface area contributed by atoms with Crippen LogP contribution in [0, 0.1) is 19.8 Å². The van der Waals surface area contributed by atoms with Gasteiger partial charge in [-0.15, -0.1) is 0 Å². The van der Waals surface area contributed by atoms with Gasteiger partial charge in [0.1, 0.15) is 5.56 Å². The Kier molecular flexibility index (Phi) is 4.73. The summed E-state index contributed by atoms with van der Waals surface area (Å²) in [6, 6.07) is 11.3. The third-order valence-corrected chi connectivity index (χ3v) is 5.47. The molecule has 3 aromatic rings. The van der Waals surface area contributed by atoms with Gasteiger partial charge in [0.05, 0.1) is 17.7 Å². The number of hydrogen-bond donors (Lipinski definition) is 3. The number of carbonyl (C=O) groups is 1. The quantitative estimate of drug-likeness (QED) is 0.651. The van der Waals surface area contributed by atoms with Crippen LogP contribution in [0.2, 0.25) is 0 Å². The summed E-state index contributed by atoms with van der Waals surface area (Å²) in [7, 11) is 0. The molecule has 0 radical (unpaired) electrons. The highest BCUT2D eigenvalue weighted by atomic mass is 16.3. The van der Waals surface area contributed by atoms with E-state index in [1.54, 1.807) is 26.1 Å². The molecule has 0 aliphatic heterocycles. The van der Waals surface area contributed by atoms with Gasteiger partial charge in [-0.25, -0.2) is 0 Å². The molecule has 1 saturated carbocycles. The predicted molar refractivity (Wildman–Crippen MR) is 107 cm³/mol. The number of benzene rings is 1. The summed E-state index contributed by atoms with van der Waals surface area (Å²) in [6.07, 6.45) is 2.65. The van der Waals surface area contributed by atoms with E-state index >= 15 is 0 Å². The second-order valence-electron chi connectivity index (χ2n) is 7.64. The summed E-state index contributed by atoms with van der Waals surface area (Å²) in [5.41, 5.74) is 2.86. The van der Waals surface area contributed by atoms with E-state index < -0.39 is 5.91 Å². The zero-order valence-corrected chi connectivity index (χ0v) is 15.9. The molecule has 28 heavy (non-hydrogen) atoms. The third kappa shape index (κ3) is 3.43. The maximum absolute atomic E-state index is 13.0. The molecule has 1 aromatic carbocycles. The average Bonchev–Trinajstić information content (AvgIpc) is 2.62. The van der Waals surface area contributed by atoms with Crippen molar-refractivity contribution in [2.75, 3.05) is 0 Å². The summed E-state index contributed by atoms with van der Waals surface area (Å²) < 4.78 is 0. The van der Waals surface area contributed by atoms with Gasteiger partial charge in [-0.05, 0) is 61.9 Å². The van der Waals surface area contributed by atoms with Crippen molar-refractivity contribution >= 4 is 16.8 Å². The number of H-pyrrole nitrogens is 1. The molecule has 1 fully saturated rings. The molecule has 144 valence electrons. The molecular weight excluding hydrogens is 354 g/mol. The van der Waals surface area contributed by atoms with Crippen LogP contribution in [0.1, 0.15) is 46.1 Å². The molecule has 0 bridgehead atoms. The van der Waals surface area contributed by atoms with Crippen molar-refractivity contribution in [3.05, 3.63) is 75.3 Å². The standard InChI is InChI=1S/C22H23N3O3/c1-12-7-13(2)24-21(27)19(12)22(28)25-20(15-9-17(26)10-15)16-8-14-5-3-4-6-18(14)23-11-16/h3-8,11,15,17,20,26H,9-10H2,1-2H3,(H,24,27)(H,25,28)/t15?,17?,20-/m1/s1. The average molecular weight is 377 g/mol. The molecule has 3 N–H and O–H groups in total. The number of fused-ring (bicyclic) bond motifs is 1. The summed E-state index contributed by atoms with van der Waals surface area (Å²) >= 11 is 0. The topological polar surface area (TPSA) is 95.1 Å². The van der Waals surface area contributed by atoms with Gasteiger partial charge in [0.25, 0.3) is 11.5 Å². The molecule has 6 heteroatoms. The van der Waals surface area contributed by atoms with Gasteiger partial charge >= 0.3 is 0 Å². The van der Waals surface area contributed by atoms with Crippen molar-refractivity contribution in [1.29, 1.82) is 0 Å². The van der Waals surface area contributed by atoms with Gasteiger partial charge in [0.15, 0.2) is 0 Å². The van der Waals surface area contributed by atoms with Crippen molar-refractivity contribution in [2.24, 2.45) is 5.92 Å². The van der Waals surface area contributed by atoms with Gasteiger partial charge in [0, 0.05) is 17.3 Å². The largest absolute Gasteiger partial charge is 0.393 e. The maximum atomic E-state index is 13.0. The van der Waals surface area contributed by atoms with Crippen LogP contribution in [0.4, 0.5) is 0 Å². The second-order valence-corrected chi connectivity index (χ2v) is 7.64. The van der Waals surface area contributed by atoms with Crippen LogP contribution in [-0.4, -0.2) is 27.1 Å². The zero-order valence-electron chi connectivity index (χ0n) is 15.9. The van der Waals surface area contributed by atoms with E-state index in [0.29, 0.717) is 18.4 Å². The highest BCUT2D eigenvalue weighted by molar-refractivity contribution is 5.95. The molecule has 2 heterocycles. The fourth-order valence-corrected chi connectivity index (χ4v) is 3.98. The fraction of sp³-hybridized carbons (Fsp3) is 0.318. The number of aromatic nitrogens is 2. The first-order chi connectivity index (χ1) is 13.4. The van der Waals surface area contributed by atoms with Crippen LogP contribution in [0.3, 0.4) is 0 Å². The predicted octanol–water partition coefficient (Wildman–Crippen LogP) is 2.78. The lowest BCUT2D eigenvalue weighted by molar-refractivity contribution is 0.0234. The Labute approximate surface area is 162 Å². The molecular formula is C22H23N3O3. The Morgan fingerprint density at radius 2 is 2.00 bits per heavy atom. The third-order valence-electron chi connectivity index (χ3n) is 5.47. The molecule has 0 saturated heterocycles. The first-order valence-electron chi connectivity index (χ1n) is 9.46. The van der Waals surface area contributed by atoms with E-state index in [1.807, 2.05) is 30.3 Å². The Morgan fingerprint density at radius 1 is 1.25 bits per heavy atom. The number of aliphatic hydroxyl groups is 1. The fourth-order valence-electron chi connectivity index (χ4n) is 3.98. The molecule has 1 atom stereocenters. The number of aromatic amines is 1. The van der Waals surface area contributed by atoms with Gasteiger partial charge in [-0.1, -0.05) is 18.2 Å². The molecule has 1 aliphatic rings. The summed E-state index contributed by atoms with van der Waals surface area (Å²) in [4.78, 5) is 32.5. The first-order valence-corrected chi connectivity index (χ1v) is 9.46. The molecule has 1 aliphatic carbocycles. The van der Waals surface area contributed by atoms with Crippen LogP contribution >= 0.6 is 0 Å². The van der Waals surface area contributed by atoms with Crippen LogP contribution in [0.5, 0.6) is 0 Å². The van der Waals surface area contributed by atoms with Gasteiger partial charge in [0.2, 0.25) is 0 Å². The number of carbonyl (C=O) groups excluding carboxylic acids is 1. The summed E-state index contributed by atoms with van der Waals surface area (Å²) in [5.74, 6) is -0.301. The first kappa shape index (κ1) is 18.4.